The van der Waals surface area contributed by atoms with E-state index in [9.17, 15) is 9.90 Å². The zero-order valence-corrected chi connectivity index (χ0v) is 9.50. The molecular formula is C12H19NO3. The summed E-state index contributed by atoms with van der Waals surface area (Å²) in [7, 11) is 0. The van der Waals surface area contributed by atoms with E-state index >= 15 is 0 Å². The molecule has 2 N–H and O–H groups in total. The van der Waals surface area contributed by atoms with Crippen molar-refractivity contribution in [3.05, 3.63) is 11.8 Å². The van der Waals surface area contributed by atoms with Gasteiger partial charge in [-0.1, -0.05) is 12.8 Å². The Labute approximate surface area is 95.7 Å². The molecular weight excluding hydrogens is 206 g/mol. The first-order chi connectivity index (χ1) is 7.76. The lowest BCUT2D eigenvalue weighted by Gasteiger charge is -2.28. The number of amides is 1. The Hall–Kier alpha value is -1.03. The number of nitrogens with one attached hydrogen (secondary N) is 1. The highest BCUT2D eigenvalue weighted by molar-refractivity contribution is 5.92. The molecule has 0 spiro atoms. The number of hydrogen-bond donors (Lipinski definition) is 2. The van der Waals surface area contributed by atoms with Crippen LogP contribution < -0.4 is 5.32 Å². The maximum absolute atomic E-state index is 11.9. The summed E-state index contributed by atoms with van der Waals surface area (Å²) in [6.45, 7) is 0.636. The topological polar surface area (TPSA) is 58.6 Å². The predicted molar refractivity (Wildman–Crippen MR) is 59.7 cm³/mol. The van der Waals surface area contributed by atoms with Gasteiger partial charge in [0.05, 0.1) is 18.8 Å². The molecule has 1 aliphatic carbocycles. The summed E-state index contributed by atoms with van der Waals surface area (Å²) in [5.74, 6) is 0.252. The normalized spacial score (nSPS) is 23.4. The number of aliphatic hydroxyl groups is 1. The Morgan fingerprint density at radius 1 is 1.44 bits per heavy atom. The zero-order chi connectivity index (χ0) is 11.4. The second-order valence-electron chi connectivity index (χ2n) is 4.66. The number of allylic oxidation sites excluding steroid dienone is 1. The Morgan fingerprint density at radius 2 is 2.19 bits per heavy atom. The maximum atomic E-state index is 11.9. The first-order valence-corrected chi connectivity index (χ1v) is 6.02. The number of carbonyl (C=O) groups excluding carboxylic acids is 1. The van der Waals surface area contributed by atoms with Gasteiger partial charge in [0.1, 0.15) is 0 Å². The van der Waals surface area contributed by atoms with E-state index in [0.717, 1.165) is 38.5 Å². The van der Waals surface area contributed by atoms with E-state index < -0.39 is 5.54 Å². The minimum absolute atomic E-state index is 0.0199. The molecule has 2 aliphatic rings. The maximum Gasteiger partial charge on any atom is 0.286 e. The molecule has 16 heavy (non-hydrogen) atoms. The van der Waals surface area contributed by atoms with Gasteiger partial charge in [-0.3, -0.25) is 4.79 Å². The largest absolute Gasteiger partial charge is 0.488 e. The van der Waals surface area contributed by atoms with Gasteiger partial charge >= 0.3 is 0 Å². The van der Waals surface area contributed by atoms with Crippen LogP contribution in [0.25, 0.3) is 0 Å². The molecule has 0 aromatic heterocycles. The summed E-state index contributed by atoms with van der Waals surface area (Å²) in [4.78, 5) is 11.9. The fourth-order valence-corrected chi connectivity index (χ4v) is 2.39. The highest BCUT2D eigenvalue weighted by Gasteiger charge is 2.35. The van der Waals surface area contributed by atoms with Crippen molar-refractivity contribution < 1.29 is 14.6 Å². The SMILES string of the molecule is O=C(NC1(CO)CCCC1)C1=CCCCO1. The number of ether oxygens (including phenoxy) is 1. The van der Waals surface area contributed by atoms with E-state index in [2.05, 4.69) is 5.32 Å². The molecule has 0 radical (unpaired) electrons. The van der Waals surface area contributed by atoms with E-state index in [4.69, 9.17) is 4.74 Å². The van der Waals surface area contributed by atoms with Crippen molar-refractivity contribution in [1.29, 1.82) is 0 Å². The van der Waals surface area contributed by atoms with Crippen LogP contribution in [0.5, 0.6) is 0 Å². The van der Waals surface area contributed by atoms with E-state index in [0.29, 0.717) is 12.4 Å². The average Bonchev–Trinajstić information content (AvgIpc) is 2.79. The van der Waals surface area contributed by atoms with Crippen LogP contribution in [0.1, 0.15) is 38.5 Å². The summed E-state index contributed by atoms with van der Waals surface area (Å²) in [6.07, 6.45) is 7.57. The highest BCUT2D eigenvalue weighted by atomic mass is 16.5. The highest BCUT2D eigenvalue weighted by Crippen LogP contribution is 2.29. The molecule has 1 fully saturated rings. The van der Waals surface area contributed by atoms with Crippen LogP contribution >= 0.6 is 0 Å². The van der Waals surface area contributed by atoms with Crippen LogP contribution in [0, 0.1) is 0 Å². The molecule has 0 aromatic rings. The quantitative estimate of drug-likeness (QED) is 0.756. The molecule has 90 valence electrons. The van der Waals surface area contributed by atoms with Crippen molar-refractivity contribution in [3.8, 4) is 0 Å². The average molecular weight is 225 g/mol. The van der Waals surface area contributed by atoms with Crippen molar-refractivity contribution in [1.82, 2.24) is 5.32 Å². The Balaban J connectivity index is 1.97. The van der Waals surface area contributed by atoms with Crippen LogP contribution in [-0.4, -0.2) is 29.8 Å². The van der Waals surface area contributed by atoms with Crippen molar-refractivity contribution >= 4 is 5.91 Å². The van der Waals surface area contributed by atoms with Crippen LogP contribution in [0.15, 0.2) is 11.8 Å². The molecule has 1 amide bonds. The molecule has 0 atom stereocenters. The first kappa shape index (κ1) is 11.5. The third kappa shape index (κ3) is 2.38. The molecule has 4 heteroatoms. The first-order valence-electron chi connectivity index (χ1n) is 6.02. The van der Waals surface area contributed by atoms with Gasteiger partial charge in [0.25, 0.3) is 5.91 Å². The standard InChI is InChI=1S/C12H19NO3/c14-9-12(6-2-3-7-12)13-11(15)10-5-1-4-8-16-10/h5,14H,1-4,6-9H2,(H,13,15). The van der Waals surface area contributed by atoms with Gasteiger partial charge in [-0.25, -0.2) is 0 Å². The molecule has 0 saturated heterocycles. The van der Waals surface area contributed by atoms with Crippen LogP contribution in [0.4, 0.5) is 0 Å². The fourth-order valence-electron chi connectivity index (χ4n) is 2.39. The summed E-state index contributed by atoms with van der Waals surface area (Å²) >= 11 is 0. The van der Waals surface area contributed by atoms with Gasteiger partial charge < -0.3 is 15.2 Å². The van der Waals surface area contributed by atoms with Crippen molar-refractivity contribution in [2.75, 3.05) is 13.2 Å². The second kappa shape index (κ2) is 4.87. The third-order valence-electron chi connectivity index (χ3n) is 3.40. The summed E-state index contributed by atoms with van der Waals surface area (Å²) < 4.78 is 5.31. The van der Waals surface area contributed by atoms with Gasteiger partial charge in [0.15, 0.2) is 5.76 Å². The van der Waals surface area contributed by atoms with Crippen molar-refractivity contribution in [2.24, 2.45) is 0 Å². The number of aliphatic hydroxyl groups excluding tert-OH is 1. The predicted octanol–water partition coefficient (Wildman–Crippen LogP) is 1.10. The molecule has 1 saturated carbocycles. The van der Waals surface area contributed by atoms with Gasteiger partial charge in [-0.15, -0.1) is 0 Å². The second-order valence-corrected chi connectivity index (χ2v) is 4.66. The van der Waals surface area contributed by atoms with E-state index in [-0.39, 0.29) is 12.5 Å². The van der Waals surface area contributed by atoms with Gasteiger partial charge in [-0.05, 0) is 31.8 Å². The minimum atomic E-state index is -0.404. The van der Waals surface area contributed by atoms with Crippen LogP contribution in [0.3, 0.4) is 0 Å². The Kier molecular flexibility index (Phi) is 3.49. The molecule has 4 nitrogen and oxygen atoms in total. The zero-order valence-electron chi connectivity index (χ0n) is 9.50. The lowest BCUT2D eigenvalue weighted by atomic mass is 9.98. The van der Waals surface area contributed by atoms with Gasteiger partial charge in [0.2, 0.25) is 0 Å². The Morgan fingerprint density at radius 3 is 2.75 bits per heavy atom. The minimum Gasteiger partial charge on any atom is -0.488 e. The van der Waals surface area contributed by atoms with E-state index in [1.165, 1.54) is 0 Å². The van der Waals surface area contributed by atoms with Crippen molar-refractivity contribution in [2.45, 2.75) is 44.1 Å². The monoisotopic (exact) mass is 225 g/mol. The summed E-state index contributed by atoms with van der Waals surface area (Å²) in [6, 6.07) is 0. The third-order valence-corrected chi connectivity index (χ3v) is 3.40. The molecule has 0 unspecified atom stereocenters. The van der Waals surface area contributed by atoms with Crippen molar-refractivity contribution in [3.63, 3.8) is 0 Å². The van der Waals surface area contributed by atoms with Crippen LogP contribution in [0.2, 0.25) is 0 Å². The molecule has 1 aliphatic heterocycles. The van der Waals surface area contributed by atoms with Gasteiger partial charge in [0, 0.05) is 0 Å². The summed E-state index contributed by atoms with van der Waals surface area (Å²) in [5.41, 5.74) is -0.404. The smallest absolute Gasteiger partial charge is 0.286 e. The lowest BCUT2D eigenvalue weighted by molar-refractivity contribution is -0.123. The number of rotatable bonds is 3. The Bertz CT molecular complexity index is 293. The van der Waals surface area contributed by atoms with Gasteiger partial charge in [-0.2, -0.15) is 0 Å². The molecule has 0 bridgehead atoms. The molecule has 0 aromatic carbocycles. The van der Waals surface area contributed by atoms with E-state index in [1.54, 1.807) is 0 Å². The molecule has 1 heterocycles. The fraction of sp³-hybridized carbons (Fsp3) is 0.750. The summed E-state index contributed by atoms with van der Waals surface area (Å²) in [5, 5.41) is 12.3. The number of carbonyl (C=O) groups is 1. The van der Waals surface area contributed by atoms with Crippen LogP contribution in [-0.2, 0) is 9.53 Å². The molecule has 2 rings (SSSR count). The van der Waals surface area contributed by atoms with E-state index in [1.807, 2.05) is 6.08 Å². The lowest BCUT2D eigenvalue weighted by Crippen LogP contribution is -2.50. The number of hydrogen-bond acceptors (Lipinski definition) is 3.